The molecule has 0 aliphatic heterocycles. The van der Waals surface area contributed by atoms with E-state index >= 15 is 0 Å². The smallest absolute Gasteiger partial charge is 0.244 e. The molecule has 0 spiro atoms. The highest BCUT2D eigenvalue weighted by molar-refractivity contribution is 5.55. The first-order chi connectivity index (χ1) is 8.61. The molecule has 1 aromatic heterocycles. The molecule has 0 aliphatic rings. The second-order valence-corrected chi connectivity index (χ2v) is 3.64. The average molecular weight is 247 g/mol. The van der Waals surface area contributed by atoms with Crippen LogP contribution < -0.4 is 5.73 Å². The lowest BCUT2D eigenvalue weighted by Gasteiger charge is -1.99. The Morgan fingerprint density at radius 1 is 1.56 bits per heavy atom. The average Bonchev–Trinajstić information content (AvgIpc) is 2.82. The molecule has 0 saturated heterocycles. The van der Waals surface area contributed by atoms with Gasteiger partial charge in [0.15, 0.2) is 11.6 Å². The molecular weight excluding hydrogens is 237 g/mol. The van der Waals surface area contributed by atoms with E-state index in [9.17, 15) is 4.39 Å². The van der Waals surface area contributed by atoms with Crippen LogP contribution in [0.15, 0.2) is 22.7 Å². The van der Waals surface area contributed by atoms with Crippen LogP contribution in [-0.2, 0) is 0 Å². The third-order valence-electron chi connectivity index (χ3n) is 2.30. The van der Waals surface area contributed by atoms with E-state index in [-0.39, 0.29) is 18.1 Å². The van der Waals surface area contributed by atoms with Crippen LogP contribution in [-0.4, -0.2) is 15.2 Å². The van der Waals surface area contributed by atoms with Crippen molar-refractivity contribution in [1.82, 2.24) is 10.1 Å². The molecule has 0 saturated carbocycles. The number of hydrogen-bond donors (Lipinski definition) is 2. The predicted octanol–water partition coefficient (Wildman–Crippen LogP) is 1.60. The lowest BCUT2D eigenvalue weighted by atomic mass is 10.2. The van der Waals surface area contributed by atoms with E-state index in [1.165, 1.54) is 12.1 Å². The number of phenolic OH excluding ortho intramolecular Hbond substituents is 1. The van der Waals surface area contributed by atoms with Crippen LogP contribution in [0, 0.1) is 18.2 Å². The molecule has 0 fully saturated rings. The molecule has 0 radical (unpaired) electrons. The molecular formula is C12H10FN3O2. The Labute approximate surface area is 102 Å². The maximum atomic E-state index is 13.2. The summed E-state index contributed by atoms with van der Waals surface area (Å²) in [7, 11) is 0. The number of rotatable bonds is 3. The van der Waals surface area contributed by atoms with Gasteiger partial charge in [-0.3, -0.25) is 0 Å². The molecule has 1 heterocycles. The molecule has 6 heteroatoms. The highest BCUT2D eigenvalue weighted by atomic mass is 19.1. The monoisotopic (exact) mass is 247 g/mol. The molecule has 1 aromatic carbocycles. The number of phenols is 1. The predicted molar refractivity (Wildman–Crippen MR) is 61.7 cm³/mol. The lowest BCUT2D eigenvalue weighted by Crippen LogP contribution is -2.09. The van der Waals surface area contributed by atoms with Gasteiger partial charge in [-0.2, -0.15) is 4.98 Å². The standard InChI is InChI=1S/C12H10FN3O2/c1-2-3-9(14)12-15-11(16-18-12)7-4-5-10(17)8(13)6-7/h1,4-6,9,17H,3,14H2. The van der Waals surface area contributed by atoms with E-state index in [4.69, 9.17) is 21.8 Å². The summed E-state index contributed by atoms with van der Waals surface area (Å²) in [6.07, 6.45) is 5.39. The Hall–Kier alpha value is -2.39. The van der Waals surface area contributed by atoms with Crippen LogP contribution in [0.2, 0.25) is 0 Å². The first-order valence-electron chi connectivity index (χ1n) is 5.13. The molecule has 1 unspecified atom stereocenters. The summed E-state index contributed by atoms with van der Waals surface area (Å²) in [5.74, 6) is 1.57. The van der Waals surface area contributed by atoms with E-state index in [2.05, 4.69) is 16.1 Å². The Kier molecular flexibility index (Phi) is 3.26. The number of hydrogen-bond acceptors (Lipinski definition) is 5. The minimum Gasteiger partial charge on any atom is -0.505 e. The van der Waals surface area contributed by atoms with Crippen LogP contribution in [0.4, 0.5) is 4.39 Å². The topological polar surface area (TPSA) is 85.2 Å². The van der Waals surface area contributed by atoms with Gasteiger partial charge in [-0.1, -0.05) is 5.16 Å². The van der Waals surface area contributed by atoms with E-state index in [0.717, 1.165) is 6.07 Å². The van der Waals surface area contributed by atoms with Gasteiger partial charge in [0.1, 0.15) is 0 Å². The molecule has 18 heavy (non-hydrogen) atoms. The Morgan fingerprint density at radius 2 is 2.33 bits per heavy atom. The Bertz CT molecular complexity index is 604. The van der Waals surface area contributed by atoms with Gasteiger partial charge in [-0.15, -0.1) is 12.3 Å². The maximum Gasteiger partial charge on any atom is 0.244 e. The first kappa shape index (κ1) is 12.1. The number of benzene rings is 1. The van der Waals surface area contributed by atoms with Crippen molar-refractivity contribution in [2.75, 3.05) is 0 Å². The fraction of sp³-hybridized carbons (Fsp3) is 0.167. The summed E-state index contributed by atoms with van der Waals surface area (Å²) in [6, 6.07) is 3.25. The fourth-order valence-electron chi connectivity index (χ4n) is 1.36. The van der Waals surface area contributed by atoms with Crippen LogP contribution in [0.5, 0.6) is 5.75 Å². The molecule has 0 bridgehead atoms. The van der Waals surface area contributed by atoms with Crippen LogP contribution >= 0.6 is 0 Å². The van der Waals surface area contributed by atoms with Crippen molar-refractivity contribution in [2.24, 2.45) is 5.73 Å². The summed E-state index contributed by atoms with van der Waals surface area (Å²) in [5, 5.41) is 12.8. The lowest BCUT2D eigenvalue weighted by molar-refractivity contribution is 0.357. The molecule has 2 rings (SSSR count). The second kappa shape index (κ2) is 4.85. The van der Waals surface area contributed by atoms with Gasteiger partial charge in [-0.25, -0.2) is 4.39 Å². The summed E-state index contributed by atoms with van der Waals surface area (Å²) in [4.78, 5) is 4.02. The zero-order chi connectivity index (χ0) is 13.1. The largest absolute Gasteiger partial charge is 0.505 e. The van der Waals surface area contributed by atoms with E-state index < -0.39 is 17.6 Å². The quantitative estimate of drug-likeness (QED) is 0.805. The number of halogens is 1. The van der Waals surface area contributed by atoms with Crippen LogP contribution in [0.25, 0.3) is 11.4 Å². The van der Waals surface area contributed by atoms with Crippen LogP contribution in [0.3, 0.4) is 0 Å². The highest BCUT2D eigenvalue weighted by Gasteiger charge is 2.15. The van der Waals surface area contributed by atoms with Gasteiger partial charge < -0.3 is 15.4 Å². The van der Waals surface area contributed by atoms with Crippen molar-refractivity contribution in [2.45, 2.75) is 12.5 Å². The summed E-state index contributed by atoms with van der Waals surface area (Å²) in [6.45, 7) is 0. The van der Waals surface area contributed by atoms with Gasteiger partial charge >= 0.3 is 0 Å². The van der Waals surface area contributed by atoms with Crippen molar-refractivity contribution in [3.05, 3.63) is 29.9 Å². The number of nitrogens with two attached hydrogens (primary N) is 1. The number of aromatic hydroxyl groups is 1. The van der Waals surface area contributed by atoms with E-state index in [1.807, 2.05) is 0 Å². The number of terminal acetylenes is 1. The van der Waals surface area contributed by atoms with Gasteiger partial charge in [0, 0.05) is 12.0 Å². The minimum atomic E-state index is -0.758. The molecule has 92 valence electrons. The first-order valence-corrected chi connectivity index (χ1v) is 5.13. The van der Waals surface area contributed by atoms with Crippen molar-refractivity contribution in [1.29, 1.82) is 0 Å². The normalized spacial score (nSPS) is 12.1. The third kappa shape index (κ3) is 2.31. The molecule has 2 aromatic rings. The minimum absolute atomic E-state index is 0.191. The van der Waals surface area contributed by atoms with Gasteiger partial charge in [0.25, 0.3) is 0 Å². The fourth-order valence-corrected chi connectivity index (χ4v) is 1.36. The number of aromatic nitrogens is 2. The maximum absolute atomic E-state index is 13.2. The second-order valence-electron chi connectivity index (χ2n) is 3.64. The molecule has 0 aliphatic carbocycles. The molecule has 1 atom stereocenters. The summed E-state index contributed by atoms with van der Waals surface area (Å²) >= 11 is 0. The van der Waals surface area contributed by atoms with E-state index in [0.29, 0.717) is 5.56 Å². The van der Waals surface area contributed by atoms with Crippen molar-refractivity contribution >= 4 is 0 Å². The van der Waals surface area contributed by atoms with Gasteiger partial charge in [0.2, 0.25) is 11.7 Å². The van der Waals surface area contributed by atoms with Crippen LogP contribution in [0.1, 0.15) is 18.4 Å². The Balaban J connectivity index is 2.29. The zero-order valence-corrected chi connectivity index (χ0v) is 9.30. The molecule has 0 amide bonds. The van der Waals surface area contributed by atoms with Crippen molar-refractivity contribution in [3.8, 4) is 29.5 Å². The van der Waals surface area contributed by atoms with Gasteiger partial charge in [0.05, 0.1) is 6.04 Å². The third-order valence-corrected chi connectivity index (χ3v) is 2.30. The zero-order valence-electron chi connectivity index (χ0n) is 9.30. The van der Waals surface area contributed by atoms with Crippen molar-refractivity contribution < 1.29 is 14.0 Å². The number of nitrogens with zero attached hydrogens (tertiary/aromatic N) is 2. The Morgan fingerprint density at radius 3 is 3.00 bits per heavy atom. The van der Waals surface area contributed by atoms with E-state index in [1.54, 1.807) is 0 Å². The SMILES string of the molecule is C#CCC(N)c1nc(-c2ccc(O)c(F)c2)no1. The summed E-state index contributed by atoms with van der Waals surface area (Å²) < 4.78 is 18.1. The molecule has 3 N–H and O–H groups in total. The van der Waals surface area contributed by atoms with Crippen molar-refractivity contribution in [3.63, 3.8) is 0 Å². The molecule has 5 nitrogen and oxygen atoms in total. The van der Waals surface area contributed by atoms with Gasteiger partial charge in [-0.05, 0) is 18.2 Å². The highest BCUT2D eigenvalue weighted by Crippen LogP contribution is 2.23. The summed E-state index contributed by atoms with van der Waals surface area (Å²) in [5.41, 5.74) is 6.08.